The van der Waals surface area contributed by atoms with Crippen LogP contribution in [0.5, 0.6) is 0 Å². The Morgan fingerprint density at radius 1 is 1.43 bits per heavy atom. The number of ether oxygens (including phenoxy) is 3. The quantitative estimate of drug-likeness (QED) is 0.308. The Bertz CT molecular complexity index is 583. The molecule has 0 spiro atoms. The first-order valence-corrected chi connectivity index (χ1v) is 8.27. The van der Waals surface area contributed by atoms with Crippen LogP contribution in [-0.4, -0.2) is 56.8 Å². The van der Waals surface area contributed by atoms with Gasteiger partial charge in [0.2, 0.25) is 0 Å². The molecule has 3 rings (SSSR count). The first-order valence-electron chi connectivity index (χ1n) is 6.80. The van der Waals surface area contributed by atoms with Crippen LogP contribution in [0.2, 0.25) is 0 Å². The van der Waals surface area contributed by atoms with E-state index in [2.05, 4.69) is 6.58 Å². The van der Waals surface area contributed by atoms with E-state index in [0.717, 1.165) is 0 Å². The molecule has 3 saturated heterocycles. The summed E-state index contributed by atoms with van der Waals surface area (Å²) in [7, 11) is -3.56. The molecule has 21 heavy (non-hydrogen) atoms. The van der Waals surface area contributed by atoms with E-state index in [1.807, 2.05) is 0 Å². The number of carbonyl (C=O) groups is 1. The molecule has 0 saturated carbocycles. The van der Waals surface area contributed by atoms with E-state index >= 15 is 0 Å². The standard InChI is InChI=1S/C13H18O7S/c1-7(2)12(14)17-4-5-18-13(3)9-6-8-10(19-9)11(13)20-21(8,15)16/h8-11H,1,4-6H2,2-3H3. The molecule has 3 aliphatic heterocycles. The minimum absolute atomic E-state index is 0.0710. The number of esters is 1. The Labute approximate surface area is 123 Å². The fourth-order valence-corrected chi connectivity index (χ4v) is 4.84. The van der Waals surface area contributed by atoms with Gasteiger partial charge >= 0.3 is 5.97 Å². The van der Waals surface area contributed by atoms with Crippen molar-refractivity contribution in [3.05, 3.63) is 12.2 Å². The predicted octanol–water partition coefficient (Wildman–Crippen LogP) is 0.149. The van der Waals surface area contributed by atoms with E-state index in [4.69, 9.17) is 18.4 Å². The molecule has 118 valence electrons. The Balaban J connectivity index is 1.60. The molecule has 0 radical (unpaired) electrons. The zero-order chi connectivity index (χ0) is 15.4. The van der Waals surface area contributed by atoms with Crippen molar-refractivity contribution in [2.24, 2.45) is 0 Å². The second-order valence-corrected chi connectivity index (χ2v) is 7.61. The maximum Gasteiger partial charge on any atom is 0.333 e. The number of fused-ring (bicyclic) bond motifs is 1. The molecule has 0 amide bonds. The summed E-state index contributed by atoms with van der Waals surface area (Å²) in [6, 6.07) is 0. The first kappa shape index (κ1) is 15.0. The largest absolute Gasteiger partial charge is 0.460 e. The van der Waals surface area contributed by atoms with Gasteiger partial charge in [0, 0.05) is 5.57 Å². The summed E-state index contributed by atoms with van der Waals surface area (Å²) in [6.45, 7) is 7.04. The molecule has 3 fully saturated rings. The predicted molar refractivity (Wildman–Crippen MR) is 71.0 cm³/mol. The molecule has 0 aromatic heterocycles. The highest BCUT2D eigenvalue weighted by molar-refractivity contribution is 7.87. The van der Waals surface area contributed by atoms with Crippen molar-refractivity contribution >= 4 is 16.1 Å². The molecule has 0 aromatic rings. The van der Waals surface area contributed by atoms with Gasteiger partial charge < -0.3 is 14.2 Å². The fraction of sp³-hybridized carbons (Fsp3) is 0.769. The number of hydrogen-bond acceptors (Lipinski definition) is 7. The average molecular weight is 318 g/mol. The van der Waals surface area contributed by atoms with E-state index < -0.39 is 39.1 Å². The van der Waals surface area contributed by atoms with Crippen LogP contribution >= 0.6 is 0 Å². The summed E-state index contributed by atoms with van der Waals surface area (Å²) < 4.78 is 45.2. The SMILES string of the molecule is C=C(C)C(=O)OCCOC1(C)C2CC3C(O2)C1OS3(=O)=O. The second-order valence-electron chi connectivity index (χ2n) is 5.82. The molecule has 3 heterocycles. The van der Waals surface area contributed by atoms with Crippen molar-refractivity contribution < 1.29 is 31.6 Å². The third-order valence-corrected chi connectivity index (χ3v) is 6.00. The summed E-state index contributed by atoms with van der Waals surface area (Å²) >= 11 is 0. The number of hydrogen-bond donors (Lipinski definition) is 0. The zero-order valence-corrected chi connectivity index (χ0v) is 12.7. The van der Waals surface area contributed by atoms with Gasteiger partial charge in [-0.1, -0.05) is 6.58 Å². The molecule has 3 aliphatic rings. The average Bonchev–Trinajstić information content (AvgIpc) is 2.99. The maximum atomic E-state index is 11.8. The van der Waals surface area contributed by atoms with Gasteiger partial charge in [-0.25, -0.2) is 4.79 Å². The Morgan fingerprint density at radius 2 is 2.14 bits per heavy atom. The van der Waals surface area contributed by atoms with Gasteiger partial charge in [-0.3, -0.25) is 4.18 Å². The number of rotatable bonds is 5. The molecular formula is C13H18O7S. The van der Waals surface area contributed by atoms with Crippen LogP contribution in [0.15, 0.2) is 12.2 Å². The highest BCUT2D eigenvalue weighted by Gasteiger charge is 2.71. The van der Waals surface area contributed by atoms with E-state index in [9.17, 15) is 13.2 Å². The summed E-state index contributed by atoms with van der Waals surface area (Å²) in [6.07, 6.45) is -1.01. The van der Waals surface area contributed by atoms with E-state index in [0.29, 0.717) is 12.0 Å². The van der Waals surface area contributed by atoms with E-state index in [1.165, 1.54) is 0 Å². The third kappa shape index (κ3) is 2.21. The van der Waals surface area contributed by atoms with Crippen molar-refractivity contribution in [2.45, 2.75) is 49.4 Å². The van der Waals surface area contributed by atoms with Gasteiger partial charge in [-0.2, -0.15) is 8.42 Å². The molecule has 0 aromatic carbocycles. The lowest BCUT2D eigenvalue weighted by Crippen LogP contribution is -2.51. The van der Waals surface area contributed by atoms with Crippen LogP contribution in [0.4, 0.5) is 0 Å². The van der Waals surface area contributed by atoms with Crippen molar-refractivity contribution in [1.82, 2.24) is 0 Å². The van der Waals surface area contributed by atoms with Crippen LogP contribution in [0.1, 0.15) is 20.3 Å². The zero-order valence-electron chi connectivity index (χ0n) is 11.9. The normalized spacial score (nSPS) is 42.2. The van der Waals surface area contributed by atoms with Gasteiger partial charge in [0.1, 0.15) is 29.7 Å². The Kier molecular flexibility index (Phi) is 3.40. The summed E-state index contributed by atoms with van der Waals surface area (Å²) in [5, 5.41) is -0.578. The maximum absolute atomic E-state index is 11.8. The molecule has 5 unspecified atom stereocenters. The van der Waals surface area contributed by atoms with Gasteiger partial charge in [-0.15, -0.1) is 0 Å². The molecule has 0 N–H and O–H groups in total. The van der Waals surface area contributed by atoms with E-state index in [-0.39, 0.29) is 19.3 Å². The van der Waals surface area contributed by atoms with Gasteiger partial charge in [0.05, 0.1) is 12.7 Å². The van der Waals surface area contributed by atoms with Crippen LogP contribution in [0.3, 0.4) is 0 Å². The van der Waals surface area contributed by atoms with Crippen LogP contribution in [0.25, 0.3) is 0 Å². The topological polar surface area (TPSA) is 88.1 Å². The van der Waals surface area contributed by atoms with Crippen molar-refractivity contribution in [3.8, 4) is 0 Å². The molecule has 2 bridgehead atoms. The lowest BCUT2D eigenvalue weighted by Gasteiger charge is -2.33. The monoisotopic (exact) mass is 318 g/mol. The molecular weight excluding hydrogens is 300 g/mol. The van der Waals surface area contributed by atoms with Gasteiger partial charge in [-0.05, 0) is 20.3 Å². The minimum atomic E-state index is -3.56. The lowest BCUT2D eigenvalue weighted by atomic mass is 9.83. The lowest BCUT2D eigenvalue weighted by molar-refractivity contribution is -0.147. The van der Waals surface area contributed by atoms with E-state index in [1.54, 1.807) is 13.8 Å². The van der Waals surface area contributed by atoms with Gasteiger partial charge in [0.25, 0.3) is 10.1 Å². The fourth-order valence-electron chi connectivity index (χ4n) is 3.17. The highest BCUT2D eigenvalue weighted by atomic mass is 32.2. The smallest absolute Gasteiger partial charge is 0.333 e. The molecule has 8 heteroatoms. The van der Waals surface area contributed by atoms with Crippen molar-refractivity contribution in [3.63, 3.8) is 0 Å². The molecule has 7 nitrogen and oxygen atoms in total. The Morgan fingerprint density at radius 3 is 2.81 bits per heavy atom. The second kappa shape index (κ2) is 4.77. The van der Waals surface area contributed by atoms with Crippen molar-refractivity contribution in [1.29, 1.82) is 0 Å². The summed E-state index contributed by atoms with van der Waals surface area (Å²) in [5.74, 6) is -0.479. The van der Waals surface area contributed by atoms with Crippen LogP contribution in [-0.2, 0) is 33.3 Å². The van der Waals surface area contributed by atoms with Crippen molar-refractivity contribution in [2.75, 3.05) is 13.2 Å². The van der Waals surface area contributed by atoms with Crippen LogP contribution in [0, 0.1) is 0 Å². The highest BCUT2D eigenvalue weighted by Crippen LogP contribution is 2.53. The summed E-state index contributed by atoms with van der Waals surface area (Å²) in [5.41, 5.74) is -0.516. The minimum Gasteiger partial charge on any atom is -0.460 e. The van der Waals surface area contributed by atoms with Crippen LogP contribution < -0.4 is 0 Å². The first-order chi connectivity index (χ1) is 9.75. The Hall–Kier alpha value is -0.960. The molecule has 0 aliphatic carbocycles. The third-order valence-electron chi connectivity index (χ3n) is 4.32. The molecule has 5 atom stereocenters. The summed E-state index contributed by atoms with van der Waals surface area (Å²) in [4.78, 5) is 11.3. The van der Waals surface area contributed by atoms with Gasteiger partial charge in [0.15, 0.2) is 0 Å². The number of carbonyl (C=O) groups excluding carboxylic acids is 1.